The van der Waals surface area contributed by atoms with E-state index >= 15 is 0 Å². The van der Waals surface area contributed by atoms with Gasteiger partial charge in [0.25, 0.3) is 0 Å². The minimum atomic E-state index is -0.830. The Morgan fingerprint density at radius 2 is 2.00 bits per heavy atom. The van der Waals surface area contributed by atoms with E-state index in [1.807, 2.05) is 0 Å². The van der Waals surface area contributed by atoms with Crippen LogP contribution in [0.15, 0.2) is 24.3 Å². The Morgan fingerprint density at radius 1 is 1.35 bits per heavy atom. The fourth-order valence-corrected chi connectivity index (χ4v) is 1.85. The summed E-state index contributed by atoms with van der Waals surface area (Å²) in [6.07, 6.45) is 1.46. The molecule has 20 heavy (non-hydrogen) atoms. The molecule has 1 N–H and O–H groups in total. The SMILES string of the molecule is CCOC(=O)Cc1ccc(NC(=O)C2(C#N)CC2)cc1. The number of nitriles is 1. The first-order valence-corrected chi connectivity index (χ1v) is 6.57. The maximum Gasteiger partial charge on any atom is 0.310 e. The molecule has 1 aliphatic rings. The maximum absolute atomic E-state index is 11.9. The lowest BCUT2D eigenvalue weighted by atomic mass is 10.1. The van der Waals surface area contributed by atoms with Crippen LogP contribution in [0.3, 0.4) is 0 Å². The number of carbonyl (C=O) groups excluding carboxylic acids is 2. The summed E-state index contributed by atoms with van der Waals surface area (Å²) in [7, 11) is 0. The minimum Gasteiger partial charge on any atom is -0.466 e. The first kappa shape index (κ1) is 14.1. The van der Waals surface area contributed by atoms with E-state index in [0.29, 0.717) is 25.1 Å². The standard InChI is InChI=1S/C15H16N2O3/c1-2-20-13(18)9-11-3-5-12(6-4-11)17-14(19)15(10-16)7-8-15/h3-6H,2,7-9H2,1H3,(H,17,19). The highest BCUT2D eigenvalue weighted by Crippen LogP contribution is 2.45. The summed E-state index contributed by atoms with van der Waals surface area (Å²) < 4.78 is 4.86. The van der Waals surface area contributed by atoms with E-state index in [0.717, 1.165) is 5.56 Å². The summed E-state index contributed by atoms with van der Waals surface area (Å²) in [4.78, 5) is 23.2. The van der Waals surface area contributed by atoms with Gasteiger partial charge in [-0.05, 0) is 37.5 Å². The van der Waals surface area contributed by atoms with Gasteiger partial charge in [-0.2, -0.15) is 5.26 Å². The second-order valence-corrected chi connectivity index (χ2v) is 4.83. The van der Waals surface area contributed by atoms with Crippen LogP contribution in [-0.2, 0) is 20.7 Å². The molecule has 5 heteroatoms. The van der Waals surface area contributed by atoms with Gasteiger partial charge >= 0.3 is 5.97 Å². The van der Waals surface area contributed by atoms with Gasteiger partial charge in [-0.25, -0.2) is 0 Å². The van der Waals surface area contributed by atoms with E-state index in [1.54, 1.807) is 31.2 Å². The zero-order chi connectivity index (χ0) is 14.6. The van der Waals surface area contributed by atoms with E-state index in [2.05, 4.69) is 11.4 Å². The van der Waals surface area contributed by atoms with Crippen LogP contribution in [-0.4, -0.2) is 18.5 Å². The lowest BCUT2D eigenvalue weighted by Crippen LogP contribution is -2.22. The molecule has 0 unspecified atom stereocenters. The van der Waals surface area contributed by atoms with E-state index in [1.165, 1.54) is 0 Å². The fraction of sp³-hybridized carbons (Fsp3) is 0.400. The van der Waals surface area contributed by atoms with Gasteiger partial charge in [-0.1, -0.05) is 12.1 Å². The molecule has 0 spiro atoms. The summed E-state index contributed by atoms with van der Waals surface area (Å²) >= 11 is 0. The van der Waals surface area contributed by atoms with Crippen molar-refractivity contribution in [3.63, 3.8) is 0 Å². The van der Waals surface area contributed by atoms with Gasteiger partial charge in [0.05, 0.1) is 19.1 Å². The minimum absolute atomic E-state index is 0.212. The van der Waals surface area contributed by atoms with Crippen LogP contribution in [0.5, 0.6) is 0 Å². The molecule has 1 aliphatic carbocycles. The van der Waals surface area contributed by atoms with Crippen LogP contribution in [0.1, 0.15) is 25.3 Å². The van der Waals surface area contributed by atoms with Crippen molar-refractivity contribution in [1.29, 1.82) is 5.26 Å². The Hall–Kier alpha value is -2.35. The number of carbonyl (C=O) groups is 2. The molecule has 1 aromatic rings. The summed E-state index contributed by atoms with van der Waals surface area (Å²) in [5, 5.41) is 11.7. The highest BCUT2D eigenvalue weighted by molar-refractivity contribution is 5.99. The van der Waals surface area contributed by atoms with Gasteiger partial charge in [-0.3, -0.25) is 9.59 Å². The molecule has 104 valence electrons. The number of hydrogen-bond donors (Lipinski definition) is 1. The molecule has 2 rings (SSSR count). The third-order valence-corrected chi connectivity index (χ3v) is 3.26. The molecule has 0 heterocycles. The molecule has 0 bridgehead atoms. The number of ether oxygens (including phenoxy) is 1. The van der Waals surface area contributed by atoms with Gasteiger partial charge in [0.15, 0.2) is 0 Å². The third-order valence-electron chi connectivity index (χ3n) is 3.26. The van der Waals surface area contributed by atoms with E-state index in [4.69, 9.17) is 10.00 Å². The Morgan fingerprint density at radius 3 is 2.50 bits per heavy atom. The number of amides is 1. The predicted molar refractivity (Wildman–Crippen MR) is 72.7 cm³/mol. The first-order valence-electron chi connectivity index (χ1n) is 6.57. The molecule has 1 aromatic carbocycles. The van der Waals surface area contributed by atoms with Crippen molar-refractivity contribution in [2.24, 2.45) is 5.41 Å². The number of nitrogens with zero attached hydrogens (tertiary/aromatic N) is 1. The molecule has 1 fully saturated rings. The Bertz CT molecular complexity index is 553. The predicted octanol–water partition coefficient (Wildman–Crippen LogP) is 2.03. The molecule has 0 aromatic heterocycles. The summed E-state index contributed by atoms with van der Waals surface area (Å²) in [5.74, 6) is -0.524. The second kappa shape index (κ2) is 5.74. The molecule has 0 atom stereocenters. The van der Waals surface area contributed by atoms with Crippen LogP contribution in [0.25, 0.3) is 0 Å². The van der Waals surface area contributed by atoms with Gasteiger partial charge in [-0.15, -0.1) is 0 Å². The van der Waals surface area contributed by atoms with Crippen LogP contribution in [0.4, 0.5) is 5.69 Å². The smallest absolute Gasteiger partial charge is 0.310 e. The van der Waals surface area contributed by atoms with Gasteiger partial charge in [0.2, 0.25) is 5.91 Å². The number of nitrogens with one attached hydrogen (secondary N) is 1. The van der Waals surface area contributed by atoms with Crippen molar-refractivity contribution in [2.75, 3.05) is 11.9 Å². The van der Waals surface area contributed by atoms with Crippen molar-refractivity contribution in [3.05, 3.63) is 29.8 Å². The zero-order valence-corrected chi connectivity index (χ0v) is 11.3. The third kappa shape index (κ3) is 3.15. The van der Waals surface area contributed by atoms with E-state index in [9.17, 15) is 9.59 Å². The van der Waals surface area contributed by atoms with Gasteiger partial charge in [0.1, 0.15) is 5.41 Å². The number of benzene rings is 1. The van der Waals surface area contributed by atoms with E-state index in [-0.39, 0.29) is 18.3 Å². The van der Waals surface area contributed by atoms with Gasteiger partial charge in [0, 0.05) is 5.69 Å². The highest BCUT2D eigenvalue weighted by atomic mass is 16.5. The maximum atomic E-state index is 11.9. The average Bonchev–Trinajstić information content (AvgIpc) is 3.22. The van der Waals surface area contributed by atoms with Crippen molar-refractivity contribution < 1.29 is 14.3 Å². The molecule has 5 nitrogen and oxygen atoms in total. The normalized spacial score (nSPS) is 15.0. The van der Waals surface area contributed by atoms with Crippen LogP contribution in [0.2, 0.25) is 0 Å². The molecule has 0 radical (unpaired) electrons. The Kier molecular flexibility index (Phi) is 4.04. The highest BCUT2D eigenvalue weighted by Gasteiger charge is 2.50. The first-order chi connectivity index (χ1) is 9.59. The number of anilines is 1. The van der Waals surface area contributed by atoms with Crippen LogP contribution < -0.4 is 5.32 Å². The fourth-order valence-electron chi connectivity index (χ4n) is 1.85. The molecular weight excluding hydrogens is 256 g/mol. The molecule has 0 saturated heterocycles. The summed E-state index contributed by atoms with van der Waals surface area (Å²) in [6.45, 7) is 2.13. The lowest BCUT2D eigenvalue weighted by molar-refractivity contribution is -0.142. The van der Waals surface area contributed by atoms with Crippen LogP contribution in [0, 0.1) is 16.7 Å². The van der Waals surface area contributed by atoms with Gasteiger partial charge < -0.3 is 10.1 Å². The second-order valence-electron chi connectivity index (χ2n) is 4.83. The molecule has 1 saturated carbocycles. The molecule has 0 aliphatic heterocycles. The largest absolute Gasteiger partial charge is 0.466 e. The molecular formula is C15H16N2O3. The molecule has 1 amide bonds. The quantitative estimate of drug-likeness (QED) is 0.832. The number of esters is 1. The van der Waals surface area contributed by atoms with Crippen LogP contribution >= 0.6 is 0 Å². The van der Waals surface area contributed by atoms with E-state index < -0.39 is 5.41 Å². The summed E-state index contributed by atoms with van der Waals surface area (Å²) in [5.41, 5.74) is 0.621. The van der Waals surface area contributed by atoms with Crippen molar-refractivity contribution in [3.8, 4) is 6.07 Å². The number of hydrogen-bond acceptors (Lipinski definition) is 4. The Labute approximate surface area is 117 Å². The lowest BCUT2D eigenvalue weighted by Gasteiger charge is -2.09. The van der Waals surface area contributed by atoms with Crippen molar-refractivity contribution >= 4 is 17.6 Å². The summed E-state index contributed by atoms with van der Waals surface area (Å²) in [6, 6.07) is 9.02. The monoisotopic (exact) mass is 272 g/mol. The average molecular weight is 272 g/mol. The Balaban J connectivity index is 1.94. The van der Waals surface area contributed by atoms with Crippen molar-refractivity contribution in [1.82, 2.24) is 0 Å². The van der Waals surface area contributed by atoms with Crippen molar-refractivity contribution in [2.45, 2.75) is 26.2 Å². The number of rotatable bonds is 5. The zero-order valence-electron chi connectivity index (χ0n) is 11.3. The topological polar surface area (TPSA) is 79.2 Å².